The summed E-state index contributed by atoms with van der Waals surface area (Å²) in [5.41, 5.74) is 1.89. The van der Waals surface area contributed by atoms with E-state index in [1.807, 2.05) is 54.6 Å². The molecule has 0 amide bonds. The van der Waals surface area contributed by atoms with Crippen molar-refractivity contribution in [3.8, 4) is 0 Å². The summed E-state index contributed by atoms with van der Waals surface area (Å²) in [5.74, 6) is 0.0445. The van der Waals surface area contributed by atoms with Crippen LogP contribution in [0.5, 0.6) is 0 Å². The number of thioether (sulfide) groups is 1. The normalized spacial score (nSPS) is 11.2. The van der Waals surface area contributed by atoms with Gasteiger partial charge in [-0.05, 0) is 35.2 Å². The molecule has 2 nitrogen and oxygen atoms in total. The second kappa shape index (κ2) is 6.81. The zero-order valence-electron chi connectivity index (χ0n) is 12.6. The summed E-state index contributed by atoms with van der Waals surface area (Å²) >= 11 is 1.51. The molecule has 2 rings (SSSR count). The molecule has 0 saturated heterocycles. The van der Waals surface area contributed by atoms with Crippen molar-refractivity contribution in [3.05, 3.63) is 65.7 Å². The number of carbonyl (C=O) groups is 1. The first-order valence-electron chi connectivity index (χ1n) is 6.92. The molecule has 3 heteroatoms. The molecule has 0 unspecified atom stereocenters. The van der Waals surface area contributed by atoms with Crippen LogP contribution in [0.1, 0.15) is 36.7 Å². The first kappa shape index (κ1) is 15.6. The Bertz CT molecular complexity index is 583. The molecule has 0 saturated carbocycles. The van der Waals surface area contributed by atoms with Gasteiger partial charge in [0, 0.05) is 4.90 Å². The molecular weight excluding hydrogens is 280 g/mol. The fourth-order valence-electron chi connectivity index (χ4n) is 1.86. The van der Waals surface area contributed by atoms with Gasteiger partial charge < -0.3 is 4.74 Å². The molecule has 110 valence electrons. The van der Waals surface area contributed by atoms with E-state index >= 15 is 0 Å². The van der Waals surface area contributed by atoms with Crippen LogP contribution < -0.4 is 0 Å². The van der Waals surface area contributed by atoms with Crippen molar-refractivity contribution >= 4 is 17.7 Å². The zero-order chi connectivity index (χ0) is 15.3. The second-order valence-corrected chi connectivity index (χ2v) is 6.83. The van der Waals surface area contributed by atoms with E-state index in [9.17, 15) is 4.79 Å². The third kappa shape index (κ3) is 4.64. The van der Waals surface area contributed by atoms with Gasteiger partial charge in [-0.2, -0.15) is 0 Å². The van der Waals surface area contributed by atoms with E-state index in [2.05, 4.69) is 20.8 Å². The lowest BCUT2D eigenvalue weighted by molar-refractivity contribution is 0.0579. The Hall–Kier alpha value is -1.74. The fraction of sp³-hybridized carbons (Fsp3) is 0.278. The van der Waals surface area contributed by atoms with E-state index in [1.54, 1.807) is 0 Å². The minimum absolute atomic E-state index is 0.0889. The molecule has 0 aromatic heterocycles. The number of hydrogen-bond acceptors (Lipinski definition) is 3. The van der Waals surface area contributed by atoms with Crippen molar-refractivity contribution in [1.82, 2.24) is 0 Å². The molecule has 2 aromatic carbocycles. The van der Waals surface area contributed by atoms with E-state index in [0.717, 1.165) is 4.90 Å². The summed E-state index contributed by atoms with van der Waals surface area (Å²) < 4.78 is 5.28. The third-order valence-corrected chi connectivity index (χ3v) is 3.99. The summed E-state index contributed by atoms with van der Waals surface area (Å²) in [4.78, 5) is 13.1. The maximum absolute atomic E-state index is 12.0. The SMILES string of the molecule is CC(C)(C)c1ccc(C(=O)OCSc2ccccc2)cc1. The first-order valence-corrected chi connectivity index (χ1v) is 7.91. The Labute approximate surface area is 130 Å². The van der Waals surface area contributed by atoms with E-state index in [-0.39, 0.29) is 11.4 Å². The number of esters is 1. The fourth-order valence-corrected chi connectivity index (χ4v) is 2.51. The van der Waals surface area contributed by atoms with Crippen LogP contribution in [0.2, 0.25) is 0 Å². The summed E-state index contributed by atoms with van der Waals surface area (Å²) in [7, 11) is 0. The van der Waals surface area contributed by atoms with Crippen LogP contribution in [0.4, 0.5) is 0 Å². The molecule has 0 fully saturated rings. The van der Waals surface area contributed by atoms with Crippen molar-refractivity contribution in [2.45, 2.75) is 31.1 Å². The summed E-state index contributed by atoms with van der Waals surface area (Å²) in [6.07, 6.45) is 0. The Kier molecular flexibility index (Phi) is 5.07. The highest BCUT2D eigenvalue weighted by Gasteiger charge is 2.14. The van der Waals surface area contributed by atoms with Crippen molar-refractivity contribution in [3.63, 3.8) is 0 Å². The van der Waals surface area contributed by atoms with Gasteiger partial charge in [-0.1, -0.05) is 62.9 Å². The van der Waals surface area contributed by atoms with Crippen LogP contribution in [-0.4, -0.2) is 11.9 Å². The second-order valence-electron chi connectivity index (χ2n) is 5.83. The predicted molar refractivity (Wildman–Crippen MR) is 87.7 cm³/mol. The van der Waals surface area contributed by atoms with Crippen molar-refractivity contribution in [2.24, 2.45) is 0 Å². The molecular formula is C18H20O2S. The topological polar surface area (TPSA) is 26.3 Å². The molecule has 0 aliphatic carbocycles. The number of rotatable bonds is 4. The highest BCUT2D eigenvalue weighted by molar-refractivity contribution is 7.99. The van der Waals surface area contributed by atoms with Gasteiger partial charge in [0.15, 0.2) is 0 Å². The van der Waals surface area contributed by atoms with Crippen LogP contribution in [-0.2, 0) is 10.2 Å². The highest BCUT2D eigenvalue weighted by Crippen LogP contribution is 2.23. The number of hydrogen-bond donors (Lipinski definition) is 0. The molecule has 0 aliphatic heterocycles. The minimum atomic E-state index is -0.279. The van der Waals surface area contributed by atoms with Crippen molar-refractivity contribution in [1.29, 1.82) is 0 Å². The van der Waals surface area contributed by atoms with Crippen LogP contribution in [0.15, 0.2) is 59.5 Å². The Balaban J connectivity index is 1.89. The Morgan fingerprint density at radius 2 is 1.62 bits per heavy atom. The Morgan fingerprint density at radius 1 is 1.00 bits per heavy atom. The lowest BCUT2D eigenvalue weighted by atomic mass is 9.87. The van der Waals surface area contributed by atoms with Crippen LogP contribution in [0.25, 0.3) is 0 Å². The van der Waals surface area contributed by atoms with Crippen LogP contribution >= 0.6 is 11.8 Å². The van der Waals surface area contributed by atoms with E-state index in [4.69, 9.17) is 4.74 Å². The Morgan fingerprint density at radius 3 is 2.19 bits per heavy atom. The summed E-state index contributed by atoms with van der Waals surface area (Å²) in [6.45, 7) is 6.45. The smallest absolute Gasteiger partial charge is 0.338 e. The molecule has 0 heterocycles. The summed E-state index contributed by atoms with van der Waals surface area (Å²) in [5, 5.41) is 0. The lowest BCUT2D eigenvalue weighted by Crippen LogP contribution is -2.11. The number of carbonyl (C=O) groups excluding carboxylic acids is 1. The average Bonchev–Trinajstić information content (AvgIpc) is 2.47. The first-order chi connectivity index (χ1) is 9.97. The van der Waals surface area contributed by atoms with Gasteiger partial charge >= 0.3 is 5.97 Å². The maximum Gasteiger partial charge on any atom is 0.338 e. The molecule has 0 aliphatic rings. The molecule has 0 bridgehead atoms. The monoisotopic (exact) mass is 300 g/mol. The van der Waals surface area contributed by atoms with E-state index in [0.29, 0.717) is 11.5 Å². The van der Waals surface area contributed by atoms with Gasteiger partial charge in [-0.25, -0.2) is 4.79 Å². The van der Waals surface area contributed by atoms with Crippen LogP contribution in [0, 0.1) is 0 Å². The van der Waals surface area contributed by atoms with Gasteiger partial charge in [-0.3, -0.25) is 0 Å². The standard InChI is InChI=1S/C18H20O2S/c1-18(2,3)15-11-9-14(10-12-15)17(19)20-13-21-16-7-5-4-6-8-16/h4-12H,13H2,1-3H3. The number of ether oxygens (including phenoxy) is 1. The number of benzene rings is 2. The average molecular weight is 300 g/mol. The highest BCUT2D eigenvalue weighted by atomic mass is 32.2. The third-order valence-electron chi connectivity index (χ3n) is 3.15. The quantitative estimate of drug-likeness (QED) is 0.457. The van der Waals surface area contributed by atoms with E-state index < -0.39 is 0 Å². The molecule has 0 spiro atoms. The van der Waals surface area contributed by atoms with Gasteiger partial charge in [0.05, 0.1) is 5.56 Å². The van der Waals surface area contributed by atoms with E-state index in [1.165, 1.54) is 17.3 Å². The largest absolute Gasteiger partial charge is 0.451 e. The summed E-state index contributed by atoms with van der Waals surface area (Å²) in [6, 6.07) is 17.5. The van der Waals surface area contributed by atoms with Gasteiger partial charge in [-0.15, -0.1) is 0 Å². The maximum atomic E-state index is 12.0. The van der Waals surface area contributed by atoms with Crippen molar-refractivity contribution < 1.29 is 9.53 Å². The van der Waals surface area contributed by atoms with Gasteiger partial charge in [0.1, 0.15) is 5.94 Å². The minimum Gasteiger partial charge on any atom is -0.451 e. The molecule has 2 aromatic rings. The van der Waals surface area contributed by atoms with Crippen molar-refractivity contribution in [2.75, 3.05) is 5.94 Å². The van der Waals surface area contributed by atoms with Gasteiger partial charge in [0.2, 0.25) is 0 Å². The zero-order valence-corrected chi connectivity index (χ0v) is 13.4. The predicted octanol–water partition coefficient (Wildman–Crippen LogP) is 4.89. The molecule has 0 N–H and O–H groups in total. The molecule has 0 atom stereocenters. The lowest BCUT2D eigenvalue weighted by Gasteiger charge is -2.18. The van der Waals surface area contributed by atoms with Crippen LogP contribution in [0.3, 0.4) is 0 Å². The molecule has 0 radical (unpaired) electrons. The molecule has 21 heavy (non-hydrogen) atoms. The van der Waals surface area contributed by atoms with Gasteiger partial charge in [0.25, 0.3) is 0 Å².